The number of likely N-dealkylation sites (tertiary alicyclic amines) is 1. The smallest absolute Gasteiger partial charge is 0.233 e. The molecule has 0 spiro atoms. The van der Waals surface area contributed by atoms with Crippen molar-refractivity contribution in [2.45, 2.75) is 43.9 Å². The molecule has 0 saturated carbocycles. The molecule has 1 aliphatic heterocycles. The van der Waals surface area contributed by atoms with Crippen molar-refractivity contribution in [1.82, 2.24) is 24.3 Å². The van der Waals surface area contributed by atoms with E-state index in [0.717, 1.165) is 67.3 Å². The van der Waals surface area contributed by atoms with Crippen LogP contribution in [0.25, 0.3) is 11.0 Å². The van der Waals surface area contributed by atoms with Crippen LogP contribution in [0.5, 0.6) is 0 Å². The molecule has 0 aliphatic carbocycles. The van der Waals surface area contributed by atoms with Gasteiger partial charge < -0.3 is 14.4 Å². The van der Waals surface area contributed by atoms with Crippen molar-refractivity contribution in [3.8, 4) is 0 Å². The van der Waals surface area contributed by atoms with E-state index in [4.69, 9.17) is 4.98 Å². The van der Waals surface area contributed by atoms with Crippen LogP contribution in [-0.2, 0) is 17.8 Å². The van der Waals surface area contributed by atoms with Crippen LogP contribution >= 0.6 is 11.8 Å². The number of fused-ring (bicyclic) bond motifs is 1. The molecule has 3 heterocycles. The molecule has 1 fully saturated rings. The summed E-state index contributed by atoms with van der Waals surface area (Å²) in [4.78, 5) is 26.5. The molecule has 1 aliphatic rings. The fourth-order valence-electron chi connectivity index (χ4n) is 4.25. The van der Waals surface area contributed by atoms with Gasteiger partial charge in [0.15, 0.2) is 5.16 Å². The van der Waals surface area contributed by atoms with E-state index < -0.39 is 0 Å². The molecule has 0 N–H and O–H groups in total. The highest BCUT2D eigenvalue weighted by atomic mass is 32.2. The quantitative estimate of drug-likeness (QED) is 0.503. The normalized spacial score (nSPS) is 15.4. The Kier molecular flexibility index (Phi) is 7.25. The van der Waals surface area contributed by atoms with Gasteiger partial charge >= 0.3 is 0 Å². The zero-order valence-corrected chi connectivity index (χ0v) is 19.2. The summed E-state index contributed by atoms with van der Waals surface area (Å²) in [5.74, 6) is 0.617. The largest absolute Gasteiger partial charge is 0.342 e. The molecule has 1 amide bonds. The summed E-state index contributed by atoms with van der Waals surface area (Å²) in [6, 6.07) is 14.6. The molecular weight excluding hydrogens is 406 g/mol. The second kappa shape index (κ2) is 10.3. The molecule has 0 radical (unpaired) electrons. The lowest BCUT2D eigenvalue weighted by Gasteiger charge is -2.36. The first-order valence-corrected chi connectivity index (χ1v) is 12.1. The van der Waals surface area contributed by atoms with Crippen molar-refractivity contribution in [2.75, 3.05) is 32.4 Å². The van der Waals surface area contributed by atoms with Crippen LogP contribution in [-0.4, -0.2) is 68.7 Å². The number of piperidine rings is 1. The molecule has 0 unspecified atom stereocenters. The molecule has 1 saturated heterocycles. The van der Waals surface area contributed by atoms with Gasteiger partial charge in [-0.25, -0.2) is 4.98 Å². The predicted molar refractivity (Wildman–Crippen MR) is 126 cm³/mol. The first-order chi connectivity index (χ1) is 15.2. The molecule has 2 aromatic heterocycles. The Morgan fingerprint density at radius 3 is 2.68 bits per heavy atom. The summed E-state index contributed by atoms with van der Waals surface area (Å²) in [6.07, 6.45) is 4.90. The number of imidazole rings is 1. The summed E-state index contributed by atoms with van der Waals surface area (Å²) in [7, 11) is 1.96. The molecule has 31 heavy (non-hydrogen) atoms. The maximum absolute atomic E-state index is 12.9. The number of carbonyl (C=O) groups excluding carboxylic acids is 1. The van der Waals surface area contributed by atoms with Gasteiger partial charge in [-0.15, -0.1) is 0 Å². The average Bonchev–Trinajstić information content (AvgIpc) is 3.19. The van der Waals surface area contributed by atoms with E-state index in [1.807, 2.05) is 48.5 Å². The van der Waals surface area contributed by atoms with Crippen LogP contribution in [0.2, 0.25) is 0 Å². The highest BCUT2D eigenvalue weighted by molar-refractivity contribution is 7.99. The molecule has 6 nitrogen and oxygen atoms in total. The van der Waals surface area contributed by atoms with Gasteiger partial charge in [0.1, 0.15) is 0 Å². The Hall–Kier alpha value is -2.38. The lowest BCUT2D eigenvalue weighted by Crippen LogP contribution is -2.46. The average molecular weight is 438 g/mol. The first-order valence-electron chi connectivity index (χ1n) is 11.1. The summed E-state index contributed by atoms with van der Waals surface area (Å²) in [6.45, 7) is 6.07. The lowest BCUT2D eigenvalue weighted by atomic mass is 10.0. The molecule has 4 rings (SSSR count). The second-order valence-corrected chi connectivity index (χ2v) is 9.01. The molecule has 1 aromatic carbocycles. The number of para-hydroxylation sites is 2. The van der Waals surface area contributed by atoms with Crippen molar-refractivity contribution in [3.05, 3.63) is 54.4 Å². The van der Waals surface area contributed by atoms with Crippen molar-refractivity contribution < 1.29 is 4.79 Å². The maximum Gasteiger partial charge on any atom is 0.233 e. The van der Waals surface area contributed by atoms with Crippen LogP contribution in [0.3, 0.4) is 0 Å². The van der Waals surface area contributed by atoms with Gasteiger partial charge in [-0.05, 0) is 44.0 Å². The monoisotopic (exact) mass is 437 g/mol. The van der Waals surface area contributed by atoms with E-state index in [1.54, 1.807) is 11.8 Å². The number of aryl methyl sites for hydroxylation is 1. The highest BCUT2D eigenvalue weighted by Crippen LogP contribution is 2.25. The number of pyridine rings is 1. The number of hydrogen-bond donors (Lipinski definition) is 0. The Bertz CT molecular complexity index is 998. The van der Waals surface area contributed by atoms with Crippen LogP contribution in [0, 0.1) is 0 Å². The van der Waals surface area contributed by atoms with Crippen molar-refractivity contribution in [1.29, 1.82) is 0 Å². The molecule has 164 valence electrons. The van der Waals surface area contributed by atoms with E-state index >= 15 is 0 Å². The van der Waals surface area contributed by atoms with Crippen molar-refractivity contribution >= 4 is 28.7 Å². The van der Waals surface area contributed by atoms with E-state index in [9.17, 15) is 4.79 Å². The van der Waals surface area contributed by atoms with Gasteiger partial charge in [-0.2, -0.15) is 0 Å². The van der Waals surface area contributed by atoms with E-state index in [2.05, 4.69) is 33.5 Å². The third kappa shape index (κ3) is 5.28. The number of rotatable bonds is 8. The Morgan fingerprint density at radius 2 is 1.94 bits per heavy atom. The van der Waals surface area contributed by atoms with Crippen LogP contribution in [0.1, 0.15) is 25.5 Å². The minimum absolute atomic E-state index is 0.187. The zero-order valence-electron chi connectivity index (χ0n) is 18.4. The number of thioether (sulfide) groups is 1. The van der Waals surface area contributed by atoms with E-state index in [0.29, 0.717) is 11.8 Å². The van der Waals surface area contributed by atoms with Crippen LogP contribution < -0.4 is 0 Å². The zero-order chi connectivity index (χ0) is 21.6. The summed E-state index contributed by atoms with van der Waals surface area (Å²) in [5, 5.41) is 0.926. The third-order valence-corrected chi connectivity index (χ3v) is 7.13. The number of aromatic nitrogens is 3. The molecule has 0 bridgehead atoms. The van der Waals surface area contributed by atoms with Crippen molar-refractivity contribution in [3.63, 3.8) is 0 Å². The van der Waals surface area contributed by atoms with Gasteiger partial charge in [0.05, 0.1) is 16.8 Å². The first kappa shape index (κ1) is 21.8. The number of nitrogens with zero attached hydrogens (tertiary/aromatic N) is 5. The lowest BCUT2D eigenvalue weighted by molar-refractivity contribution is -0.129. The maximum atomic E-state index is 12.9. The van der Waals surface area contributed by atoms with Gasteiger partial charge in [-0.1, -0.05) is 30.0 Å². The van der Waals surface area contributed by atoms with Gasteiger partial charge in [0.25, 0.3) is 0 Å². The number of hydrogen-bond acceptors (Lipinski definition) is 5. The number of amides is 1. The molecule has 3 aromatic rings. The summed E-state index contributed by atoms with van der Waals surface area (Å²) in [5.41, 5.74) is 3.27. The van der Waals surface area contributed by atoms with E-state index in [-0.39, 0.29) is 5.91 Å². The third-order valence-electron chi connectivity index (χ3n) is 6.17. The fraction of sp³-hybridized carbons (Fsp3) is 0.458. The van der Waals surface area contributed by atoms with Crippen LogP contribution in [0.15, 0.2) is 53.8 Å². The second-order valence-electron chi connectivity index (χ2n) is 8.06. The summed E-state index contributed by atoms with van der Waals surface area (Å²) >= 11 is 1.55. The van der Waals surface area contributed by atoms with Crippen LogP contribution in [0.4, 0.5) is 0 Å². The Balaban J connectivity index is 1.25. The number of benzene rings is 1. The topological polar surface area (TPSA) is 54.3 Å². The van der Waals surface area contributed by atoms with Gasteiger partial charge in [0.2, 0.25) is 5.91 Å². The van der Waals surface area contributed by atoms with Gasteiger partial charge in [-0.3, -0.25) is 9.78 Å². The van der Waals surface area contributed by atoms with Crippen molar-refractivity contribution in [2.24, 2.45) is 0 Å². The SMILES string of the molecule is CCn1c(SCC(=O)N(C)C2CCN(CCc3ccccn3)CC2)nc2ccccc21. The fourth-order valence-corrected chi connectivity index (χ4v) is 5.25. The molecular formula is C24H31N5OS. The Morgan fingerprint density at radius 1 is 1.16 bits per heavy atom. The van der Waals surface area contributed by atoms with Gasteiger partial charge in [0, 0.05) is 57.6 Å². The highest BCUT2D eigenvalue weighted by Gasteiger charge is 2.25. The predicted octanol–water partition coefficient (Wildman–Crippen LogP) is 3.71. The Labute approximate surface area is 188 Å². The standard InChI is InChI=1S/C24H31N5OS/c1-3-29-22-10-5-4-9-21(22)26-24(29)31-18-23(30)27(2)20-12-16-28(17-13-20)15-11-19-8-6-7-14-25-19/h4-10,14,20H,3,11-13,15-18H2,1-2H3. The minimum atomic E-state index is 0.187. The summed E-state index contributed by atoms with van der Waals surface area (Å²) < 4.78 is 2.19. The number of carbonyl (C=O) groups is 1. The minimum Gasteiger partial charge on any atom is -0.342 e. The molecule has 7 heteroatoms. The van der Waals surface area contributed by atoms with E-state index in [1.165, 1.54) is 0 Å². The molecule has 0 atom stereocenters.